The molecule has 2 aliphatic rings. The number of anilines is 1. The second-order valence-electron chi connectivity index (χ2n) is 9.17. The molecule has 158 valence electrons. The van der Waals surface area contributed by atoms with Crippen molar-refractivity contribution in [3.05, 3.63) is 76.0 Å². The van der Waals surface area contributed by atoms with Crippen molar-refractivity contribution in [3.63, 3.8) is 0 Å². The van der Waals surface area contributed by atoms with Gasteiger partial charge in [0, 0.05) is 28.3 Å². The van der Waals surface area contributed by atoms with Crippen molar-refractivity contribution in [3.8, 4) is 11.4 Å². The molecule has 1 N–H and O–H groups in total. The maximum atomic E-state index is 13.3. The van der Waals surface area contributed by atoms with Gasteiger partial charge in [0.1, 0.15) is 6.04 Å². The van der Waals surface area contributed by atoms with Gasteiger partial charge in [0.2, 0.25) is 5.95 Å². The van der Waals surface area contributed by atoms with Crippen molar-refractivity contribution in [2.24, 2.45) is 5.41 Å². The maximum absolute atomic E-state index is 13.3. The summed E-state index contributed by atoms with van der Waals surface area (Å²) in [4.78, 5) is 18.1. The molecule has 2 aromatic carbocycles. The Morgan fingerprint density at radius 2 is 1.81 bits per heavy atom. The molecule has 1 unspecified atom stereocenters. The zero-order valence-corrected chi connectivity index (χ0v) is 18.7. The minimum Gasteiger partial charge on any atom is -0.328 e. The van der Waals surface area contributed by atoms with E-state index >= 15 is 0 Å². The first-order valence-electron chi connectivity index (χ1n) is 10.7. The Labute approximate surface area is 187 Å². The molecule has 6 heteroatoms. The highest BCUT2D eigenvalue weighted by molar-refractivity contribution is 6.30. The van der Waals surface area contributed by atoms with E-state index in [0.717, 1.165) is 35.2 Å². The lowest BCUT2D eigenvalue weighted by atomic mass is 9.73. The number of nitrogens with one attached hydrogen (secondary N) is 1. The van der Waals surface area contributed by atoms with Crippen molar-refractivity contribution in [2.75, 3.05) is 5.32 Å². The number of aryl methyl sites for hydroxylation is 1. The molecular weight excluding hydrogens is 408 g/mol. The maximum Gasteiger partial charge on any atom is 0.226 e. The zero-order valence-electron chi connectivity index (χ0n) is 17.9. The predicted octanol–water partition coefficient (Wildman–Crippen LogP) is 5.82. The predicted molar refractivity (Wildman–Crippen MR) is 123 cm³/mol. The number of Topliss-reactive ketones (excluding diaryl/α,β-unsaturated/α-hetero) is 1. The number of carbonyl (C=O) groups is 1. The highest BCUT2D eigenvalue weighted by Crippen LogP contribution is 2.45. The fourth-order valence-electron chi connectivity index (χ4n) is 4.57. The molecule has 0 amide bonds. The summed E-state index contributed by atoms with van der Waals surface area (Å²) in [6, 6.07) is 15.7. The number of hydrogen-bond acceptors (Lipinski definition) is 4. The van der Waals surface area contributed by atoms with E-state index in [1.165, 1.54) is 5.56 Å². The summed E-state index contributed by atoms with van der Waals surface area (Å²) in [5, 5.41) is 8.93. The summed E-state index contributed by atoms with van der Waals surface area (Å²) in [6.45, 7) is 6.42. The SMILES string of the molecule is CCc1ccc(C2C3=C(CC(C)(C)CC3=O)Nc3nc(-c4ccc(Cl)cc4)nn32)cc1. The van der Waals surface area contributed by atoms with E-state index in [1.54, 1.807) is 0 Å². The van der Waals surface area contributed by atoms with Gasteiger partial charge in [0.15, 0.2) is 11.6 Å². The van der Waals surface area contributed by atoms with E-state index < -0.39 is 0 Å². The van der Waals surface area contributed by atoms with Gasteiger partial charge in [0.05, 0.1) is 0 Å². The molecule has 1 aliphatic carbocycles. The molecule has 0 spiro atoms. The zero-order chi connectivity index (χ0) is 21.8. The van der Waals surface area contributed by atoms with E-state index in [-0.39, 0.29) is 17.2 Å². The van der Waals surface area contributed by atoms with E-state index in [1.807, 2.05) is 28.9 Å². The van der Waals surface area contributed by atoms with Gasteiger partial charge in [-0.05, 0) is 53.6 Å². The van der Waals surface area contributed by atoms with Gasteiger partial charge in [-0.2, -0.15) is 4.98 Å². The van der Waals surface area contributed by atoms with Gasteiger partial charge in [-0.1, -0.05) is 56.6 Å². The summed E-state index contributed by atoms with van der Waals surface area (Å²) in [7, 11) is 0. The Balaban J connectivity index is 1.66. The van der Waals surface area contributed by atoms with Crippen LogP contribution in [0.15, 0.2) is 59.8 Å². The molecule has 3 aromatic rings. The van der Waals surface area contributed by atoms with Crippen LogP contribution in [0.2, 0.25) is 5.02 Å². The van der Waals surface area contributed by atoms with Crippen LogP contribution in [-0.2, 0) is 11.2 Å². The number of benzene rings is 2. The fourth-order valence-corrected chi connectivity index (χ4v) is 4.70. The molecule has 2 heterocycles. The average Bonchev–Trinajstić information content (AvgIpc) is 3.15. The topological polar surface area (TPSA) is 59.8 Å². The molecule has 5 nitrogen and oxygen atoms in total. The van der Waals surface area contributed by atoms with Crippen LogP contribution in [0, 0.1) is 5.41 Å². The summed E-state index contributed by atoms with van der Waals surface area (Å²) < 4.78 is 1.86. The molecule has 0 bridgehead atoms. The number of rotatable bonds is 3. The Morgan fingerprint density at radius 3 is 2.48 bits per heavy atom. The lowest BCUT2D eigenvalue weighted by Gasteiger charge is -2.38. The van der Waals surface area contributed by atoms with Crippen LogP contribution in [0.1, 0.15) is 50.8 Å². The fraction of sp³-hybridized carbons (Fsp3) is 0.320. The molecule has 0 saturated carbocycles. The van der Waals surface area contributed by atoms with Crippen molar-refractivity contribution in [1.29, 1.82) is 0 Å². The number of halogens is 1. The Bertz CT molecular complexity index is 1190. The Hall–Kier alpha value is -2.92. The molecule has 0 saturated heterocycles. The summed E-state index contributed by atoms with van der Waals surface area (Å²) >= 11 is 6.05. The van der Waals surface area contributed by atoms with Crippen molar-refractivity contribution < 1.29 is 4.79 Å². The largest absolute Gasteiger partial charge is 0.328 e. The first-order valence-corrected chi connectivity index (χ1v) is 11.1. The van der Waals surface area contributed by atoms with Crippen LogP contribution in [0.3, 0.4) is 0 Å². The van der Waals surface area contributed by atoms with Gasteiger partial charge in [-0.25, -0.2) is 4.68 Å². The van der Waals surface area contributed by atoms with E-state index in [4.69, 9.17) is 21.7 Å². The van der Waals surface area contributed by atoms with E-state index in [0.29, 0.717) is 23.2 Å². The standard InChI is InChI=1S/C25H25ClN4O/c1-4-15-5-7-16(8-6-15)22-21-19(13-25(2,3)14-20(21)31)27-24-28-23(29-30(22)24)17-9-11-18(26)12-10-17/h5-12,22H,4,13-14H2,1-3H3,(H,27,28,29). The Morgan fingerprint density at radius 1 is 1.10 bits per heavy atom. The highest BCUT2D eigenvalue weighted by atomic mass is 35.5. The number of allylic oxidation sites excluding steroid dienone is 2. The van der Waals surface area contributed by atoms with Crippen molar-refractivity contribution in [2.45, 2.75) is 46.1 Å². The molecule has 0 radical (unpaired) electrons. The van der Waals surface area contributed by atoms with E-state index in [9.17, 15) is 4.79 Å². The van der Waals surface area contributed by atoms with Gasteiger partial charge in [-0.3, -0.25) is 4.79 Å². The minimum atomic E-state index is -0.283. The Kier molecular flexibility index (Phi) is 4.74. The van der Waals surface area contributed by atoms with Gasteiger partial charge in [-0.15, -0.1) is 5.10 Å². The average molecular weight is 433 g/mol. The molecule has 1 atom stereocenters. The molecule has 1 aromatic heterocycles. The van der Waals surface area contributed by atoms with Crippen LogP contribution in [0.5, 0.6) is 0 Å². The summed E-state index contributed by atoms with van der Waals surface area (Å²) in [6.07, 6.45) is 2.31. The van der Waals surface area contributed by atoms with Gasteiger partial charge in [0.25, 0.3) is 0 Å². The number of hydrogen-bond donors (Lipinski definition) is 1. The molecule has 0 fully saturated rings. The number of ketones is 1. The molecule has 31 heavy (non-hydrogen) atoms. The van der Waals surface area contributed by atoms with Crippen LogP contribution in [0.4, 0.5) is 5.95 Å². The van der Waals surface area contributed by atoms with Crippen molar-refractivity contribution in [1.82, 2.24) is 14.8 Å². The molecule has 1 aliphatic heterocycles. The molecular formula is C25H25ClN4O. The third-order valence-electron chi connectivity index (χ3n) is 6.14. The third kappa shape index (κ3) is 3.57. The normalized spacial score (nSPS) is 19.6. The second kappa shape index (κ2) is 7.34. The first-order chi connectivity index (χ1) is 14.8. The quantitative estimate of drug-likeness (QED) is 0.566. The highest BCUT2D eigenvalue weighted by Gasteiger charge is 2.41. The number of aromatic nitrogens is 3. The van der Waals surface area contributed by atoms with Gasteiger partial charge >= 0.3 is 0 Å². The van der Waals surface area contributed by atoms with E-state index in [2.05, 4.69) is 50.4 Å². The lowest BCUT2D eigenvalue weighted by Crippen LogP contribution is -2.36. The summed E-state index contributed by atoms with van der Waals surface area (Å²) in [5.74, 6) is 1.46. The third-order valence-corrected chi connectivity index (χ3v) is 6.39. The van der Waals surface area contributed by atoms with Crippen LogP contribution in [0.25, 0.3) is 11.4 Å². The monoisotopic (exact) mass is 432 g/mol. The second-order valence-corrected chi connectivity index (χ2v) is 9.60. The lowest BCUT2D eigenvalue weighted by molar-refractivity contribution is -0.118. The molecule has 5 rings (SSSR count). The number of nitrogens with zero attached hydrogens (tertiary/aromatic N) is 3. The van der Waals surface area contributed by atoms with Gasteiger partial charge < -0.3 is 5.32 Å². The van der Waals surface area contributed by atoms with Crippen LogP contribution >= 0.6 is 11.6 Å². The number of fused-ring (bicyclic) bond motifs is 1. The number of carbonyl (C=O) groups excluding carboxylic acids is 1. The van der Waals surface area contributed by atoms with Crippen LogP contribution in [-0.4, -0.2) is 20.5 Å². The smallest absolute Gasteiger partial charge is 0.226 e. The summed E-state index contributed by atoms with van der Waals surface area (Å²) in [5.41, 5.74) is 4.90. The van der Waals surface area contributed by atoms with Crippen molar-refractivity contribution >= 4 is 23.3 Å². The minimum absolute atomic E-state index is 0.0826. The first kappa shape index (κ1) is 20.0. The van der Waals surface area contributed by atoms with Crippen LogP contribution < -0.4 is 5.32 Å².